The fraction of sp³-hybridized carbons (Fsp3) is 0.500. The number of aromatic nitrogens is 2. The van der Waals surface area contributed by atoms with Gasteiger partial charge in [-0.2, -0.15) is 0 Å². The summed E-state index contributed by atoms with van der Waals surface area (Å²) in [6.07, 6.45) is 4.20. The molecular formula is C12H14N2O2S. The summed E-state index contributed by atoms with van der Waals surface area (Å²) >= 11 is 1.45. The molecule has 0 saturated carbocycles. The minimum absolute atomic E-state index is 0.0492. The zero-order valence-electron chi connectivity index (χ0n) is 9.63. The molecule has 2 atom stereocenters. The van der Waals surface area contributed by atoms with Crippen LogP contribution in [0, 0.1) is 0 Å². The molecule has 0 aromatic carbocycles. The average Bonchev–Trinajstić information content (AvgIpc) is 2.92. The number of hydrogen-bond acceptors (Lipinski definition) is 4. The summed E-state index contributed by atoms with van der Waals surface area (Å²) in [7, 11) is 0. The van der Waals surface area contributed by atoms with Gasteiger partial charge in [0.25, 0.3) is 5.56 Å². The van der Waals surface area contributed by atoms with Crippen LogP contribution < -0.4 is 5.56 Å². The van der Waals surface area contributed by atoms with Crippen LogP contribution in [0.15, 0.2) is 22.6 Å². The number of thiophene rings is 1. The number of ether oxygens (including phenoxy) is 1. The molecule has 0 aliphatic carbocycles. The Morgan fingerprint density at radius 3 is 3.24 bits per heavy atom. The molecule has 0 bridgehead atoms. The SMILES string of the molecule is CC1CCC(Cn2cnc3ccsc3c2=O)O1. The quantitative estimate of drug-likeness (QED) is 0.819. The van der Waals surface area contributed by atoms with Gasteiger partial charge in [0.05, 0.1) is 30.6 Å². The zero-order chi connectivity index (χ0) is 11.8. The highest BCUT2D eigenvalue weighted by atomic mass is 32.1. The molecule has 0 amide bonds. The van der Waals surface area contributed by atoms with Gasteiger partial charge in [-0.25, -0.2) is 4.98 Å². The molecule has 0 radical (unpaired) electrons. The average molecular weight is 250 g/mol. The monoisotopic (exact) mass is 250 g/mol. The molecule has 2 aromatic rings. The maximum Gasteiger partial charge on any atom is 0.271 e. The van der Waals surface area contributed by atoms with Crippen molar-refractivity contribution in [2.75, 3.05) is 0 Å². The van der Waals surface area contributed by atoms with Crippen molar-refractivity contribution in [1.29, 1.82) is 0 Å². The molecule has 17 heavy (non-hydrogen) atoms. The molecular weight excluding hydrogens is 236 g/mol. The van der Waals surface area contributed by atoms with E-state index in [0.717, 1.165) is 23.1 Å². The highest BCUT2D eigenvalue weighted by molar-refractivity contribution is 7.17. The van der Waals surface area contributed by atoms with E-state index in [-0.39, 0.29) is 11.7 Å². The molecule has 0 spiro atoms. The second kappa shape index (κ2) is 4.23. The van der Waals surface area contributed by atoms with Crippen LogP contribution in [-0.2, 0) is 11.3 Å². The van der Waals surface area contributed by atoms with E-state index < -0.39 is 0 Å². The summed E-state index contributed by atoms with van der Waals surface area (Å²) in [4.78, 5) is 16.4. The molecule has 1 aliphatic rings. The third-order valence-electron chi connectivity index (χ3n) is 3.16. The van der Waals surface area contributed by atoms with Crippen LogP contribution in [0.4, 0.5) is 0 Å². The van der Waals surface area contributed by atoms with E-state index in [9.17, 15) is 4.79 Å². The smallest absolute Gasteiger partial charge is 0.271 e. The third-order valence-corrected chi connectivity index (χ3v) is 4.05. The normalized spacial score (nSPS) is 24.5. The lowest BCUT2D eigenvalue weighted by Crippen LogP contribution is -2.26. The molecule has 1 fully saturated rings. The van der Waals surface area contributed by atoms with Gasteiger partial charge in [-0.15, -0.1) is 11.3 Å². The predicted octanol–water partition coefficient (Wildman–Crippen LogP) is 2.03. The first kappa shape index (κ1) is 10.9. The number of nitrogens with zero attached hydrogens (tertiary/aromatic N) is 2. The van der Waals surface area contributed by atoms with Crippen molar-refractivity contribution >= 4 is 21.6 Å². The zero-order valence-corrected chi connectivity index (χ0v) is 10.4. The molecule has 90 valence electrons. The van der Waals surface area contributed by atoms with Crippen LogP contribution in [0.25, 0.3) is 10.2 Å². The van der Waals surface area contributed by atoms with Crippen molar-refractivity contribution < 1.29 is 4.74 Å². The molecule has 0 N–H and O–H groups in total. The van der Waals surface area contributed by atoms with E-state index in [1.807, 2.05) is 11.4 Å². The first-order chi connectivity index (χ1) is 8.24. The Morgan fingerprint density at radius 2 is 2.47 bits per heavy atom. The van der Waals surface area contributed by atoms with Crippen molar-refractivity contribution in [3.8, 4) is 0 Å². The van der Waals surface area contributed by atoms with Crippen molar-refractivity contribution in [1.82, 2.24) is 9.55 Å². The maximum atomic E-state index is 12.1. The summed E-state index contributed by atoms with van der Waals surface area (Å²) in [5, 5.41) is 1.90. The molecule has 4 nitrogen and oxygen atoms in total. The van der Waals surface area contributed by atoms with E-state index in [2.05, 4.69) is 11.9 Å². The van der Waals surface area contributed by atoms with Gasteiger partial charge in [0.15, 0.2) is 0 Å². The number of fused-ring (bicyclic) bond motifs is 1. The third kappa shape index (κ3) is 2.00. The van der Waals surface area contributed by atoms with Gasteiger partial charge in [-0.1, -0.05) is 0 Å². The van der Waals surface area contributed by atoms with Crippen LogP contribution in [0.1, 0.15) is 19.8 Å². The van der Waals surface area contributed by atoms with Gasteiger partial charge in [0.1, 0.15) is 4.70 Å². The van der Waals surface area contributed by atoms with E-state index in [1.54, 1.807) is 10.9 Å². The minimum Gasteiger partial charge on any atom is -0.373 e. The Labute approximate surface area is 103 Å². The molecule has 2 unspecified atom stereocenters. The van der Waals surface area contributed by atoms with E-state index in [4.69, 9.17) is 4.74 Å². The summed E-state index contributed by atoms with van der Waals surface area (Å²) in [6, 6.07) is 1.87. The van der Waals surface area contributed by atoms with Crippen LogP contribution in [0.2, 0.25) is 0 Å². The Morgan fingerprint density at radius 1 is 1.59 bits per heavy atom. The van der Waals surface area contributed by atoms with Gasteiger partial charge in [0.2, 0.25) is 0 Å². The summed E-state index contributed by atoms with van der Waals surface area (Å²) in [5.41, 5.74) is 0.838. The standard InChI is InChI=1S/C12H14N2O2S/c1-8-2-3-9(16-8)6-14-7-13-10-4-5-17-11(10)12(14)15/h4-5,7-9H,2-3,6H2,1H3. The topological polar surface area (TPSA) is 44.1 Å². The van der Waals surface area contributed by atoms with E-state index in [1.165, 1.54) is 11.3 Å². The summed E-state index contributed by atoms with van der Waals surface area (Å²) in [5.74, 6) is 0. The second-order valence-corrected chi connectivity index (χ2v) is 5.40. The Balaban J connectivity index is 1.90. The molecule has 3 heterocycles. The van der Waals surface area contributed by atoms with Crippen molar-refractivity contribution in [2.45, 2.75) is 38.5 Å². The van der Waals surface area contributed by atoms with Gasteiger partial charge in [-0.05, 0) is 31.2 Å². The molecule has 5 heteroatoms. The molecule has 1 saturated heterocycles. The lowest BCUT2D eigenvalue weighted by atomic mass is 10.2. The first-order valence-corrected chi connectivity index (χ1v) is 6.70. The van der Waals surface area contributed by atoms with Crippen molar-refractivity contribution in [3.05, 3.63) is 28.1 Å². The van der Waals surface area contributed by atoms with Gasteiger partial charge < -0.3 is 4.74 Å². The fourth-order valence-corrected chi connectivity index (χ4v) is 3.04. The van der Waals surface area contributed by atoms with Crippen LogP contribution >= 0.6 is 11.3 Å². The number of rotatable bonds is 2. The van der Waals surface area contributed by atoms with E-state index >= 15 is 0 Å². The maximum absolute atomic E-state index is 12.1. The second-order valence-electron chi connectivity index (χ2n) is 4.48. The first-order valence-electron chi connectivity index (χ1n) is 5.82. The van der Waals surface area contributed by atoms with Gasteiger partial charge in [0, 0.05) is 0 Å². The fourth-order valence-electron chi connectivity index (χ4n) is 2.25. The minimum atomic E-state index is 0.0492. The van der Waals surface area contributed by atoms with Crippen LogP contribution in [-0.4, -0.2) is 21.8 Å². The highest BCUT2D eigenvalue weighted by Crippen LogP contribution is 2.20. The molecule has 2 aromatic heterocycles. The van der Waals surface area contributed by atoms with Crippen molar-refractivity contribution in [3.63, 3.8) is 0 Å². The predicted molar refractivity (Wildman–Crippen MR) is 67.4 cm³/mol. The van der Waals surface area contributed by atoms with Crippen LogP contribution in [0.3, 0.4) is 0 Å². The molecule has 3 rings (SSSR count). The van der Waals surface area contributed by atoms with Gasteiger partial charge in [-0.3, -0.25) is 9.36 Å². The van der Waals surface area contributed by atoms with Crippen molar-refractivity contribution in [2.24, 2.45) is 0 Å². The largest absolute Gasteiger partial charge is 0.373 e. The Hall–Kier alpha value is -1.20. The highest BCUT2D eigenvalue weighted by Gasteiger charge is 2.22. The summed E-state index contributed by atoms with van der Waals surface area (Å²) in [6.45, 7) is 2.69. The van der Waals surface area contributed by atoms with E-state index in [0.29, 0.717) is 12.6 Å². The number of hydrogen-bond donors (Lipinski definition) is 0. The Bertz CT molecular complexity index is 589. The lowest BCUT2D eigenvalue weighted by molar-refractivity contribution is 0.0451. The van der Waals surface area contributed by atoms with Gasteiger partial charge >= 0.3 is 0 Å². The lowest BCUT2D eigenvalue weighted by Gasteiger charge is -2.12. The van der Waals surface area contributed by atoms with Crippen LogP contribution in [0.5, 0.6) is 0 Å². The molecule has 1 aliphatic heterocycles. The Kier molecular flexibility index (Phi) is 2.72. The summed E-state index contributed by atoms with van der Waals surface area (Å²) < 4.78 is 8.13.